The molecule has 1 atom stereocenters. The smallest absolute Gasteiger partial charge is 0.243 e. The fraction of sp³-hybridized carbons (Fsp3) is 0.556. The molecule has 0 saturated carbocycles. The lowest BCUT2D eigenvalue weighted by molar-refractivity contribution is -0.129. The van der Waals surface area contributed by atoms with Crippen LogP contribution < -0.4 is 10.6 Å². The van der Waals surface area contributed by atoms with E-state index in [4.69, 9.17) is 0 Å². The number of amides is 2. The molecule has 1 saturated heterocycles. The highest BCUT2D eigenvalue weighted by molar-refractivity contribution is 7.89. The summed E-state index contributed by atoms with van der Waals surface area (Å²) in [5, 5.41) is 5.42. The van der Waals surface area contributed by atoms with E-state index in [1.807, 2.05) is 11.8 Å². The van der Waals surface area contributed by atoms with Crippen LogP contribution in [0.15, 0.2) is 35.2 Å². The lowest BCUT2D eigenvalue weighted by Gasteiger charge is -2.33. The number of rotatable bonds is 8. The number of sulfonamides is 1. The molecule has 0 bridgehead atoms. The molecular weight excluding hydrogens is 368 g/mol. The second kappa shape index (κ2) is 9.82. The Bertz CT molecular complexity index is 731. The first kappa shape index (κ1) is 21.3. The fourth-order valence-electron chi connectivity index (χ4n) is 2.83. The van der Waals surface area contributed by atoms with Crippen LogP contribution in [0.5, 0.6) is 0 Å². The van der Waals surface area contributed by atoms with Crippen molar-refractivity contribution in [3.05, 3.63) is 30.3 Å². The minimum atomic E-state index is -3.50. The first-order chi connectivity index (χ1) is 12.8. The molecule has 1 aliphatic heterocycles. The van der Waals surface area contributed by atoms with Crippen molar-refractivity contribution in [3.8, 4) is 0 Å². The van der Waals surface area contributed by atoms with Gasteiger partial charge in [-0.25, -0.2) is 8.42 Å². The molecule has 1 fully saturated rings. The standard InChI is InChI=1S/C18H28N4O4S/c1-3-9-19-18(24)15(2)20-17(23)14-21-10-12-22(13-11-21)27(25,26)16-7-5-4-6-8-16/h4-8,15H,3,9-14H2,1-2H3,(H,19,24)(H,20,23)/t15-/m0/s1. The van der Waals surface area contributed by atoms with Gasteiger partial charge in [-0.1, -0.05) is 25.1 Å². The fourth-order valence-corrected chi connectivity index (χ4v) is 4.27. The van der Waals surface area contributed by atoms with Crippen LogP contribution in [0.2, 0.25) is 0 Å². The molecule has 2 N–H and O–H groups in total. The van der Waals surface area contributed by atoms with E-state index in [1.54, 1.807) is 37.3 Å². The van der Waals surface area contributed by atoms with Gasteiger partial charge in [0.15, 0.2) is 0 Å². The normalized spacial score (nSPS) is 17.3. The molecule has 2 amide bonds. The summed E-state index contributed by atoms with van der Waals surface area (Å²) in [6.45, 7) is 5.93. The largest absolute Gasteiger partial charge is 0.354 e. The summed E-state index contributed by atoms with van der Waals surface area (Å²) in [7, 11) is -3.50. The van der Waals surface area contributed by atoms with Crippen LogP contribution in [-0.4, -0.2) is 74.7 Å². The molecular formula is C18H28N4O4S. The molecule has 1 heterocycles. The molecule has 0 aromatic heterocycles. The Balaban J connectivity index is 1.80. The van der Waals surface area contributed by atoms with Crippen LogP contribution in [0.3, 0.4) is 0 Å². The third-order valence-corrected chi connectivity index (χ3v) is 6.31. The topological polar surface area (TPSA) is 98.8 Å². The van der Waals surface area contributed by atoms with Gasteiger partial charge in [-0.2, -0.15) is 4.31 Å². The Kier molecular flexibility index (Phi) is 7.76. The molecule has 27 heavy (non-hydrogen) atoms. The van der Waals surface area contributed by atoms with Gasteiger partial charge in [-0.15, -0.1) is 0 Å². The SMILES string of the molecule is CCCNC(=O)[C@H](C)NC(=O)CN1CCN(S(=O)(=O)c2ccccc2)CC1. The first-order valence-corrected chi connectivity index (χ1v) is 10.6. The number of carbonyl (C=O) groups is 2. The summed E-state index contributed by atoms with van der Waals surface area (Å²) in [6.07, 6.45) is 0.836. The van der Waals surface area contributed by atoms with Crippen molar-refractivity contribution in [2.45, 2.75) is 31.2 Å². The summed E-state index contributed by atoms with van der Waals surface area (Å²) in [6, 6.07) is 7.75. The summed E-state index contributed by atoms with van der Waals surface area (Å²) in [5.74, 6) is -0.447. The molecule has 9 heteroatoms. The summed E-state index contributed by atoms with van der Waals surface area (Å²) < 4.78 is 26.7. The molecule has 2 rings (SSSR count). The monoisotopic (exact) mass is 396 g/mol. The minimum Gasteiger partial charge on any atom is -0.354 e. The van der Waals surface area contributed by atoms with Crippen molar-refractivity contribution < 1.29 is 18.0 Å². The zero-order valence-electron chi connectivity index (χ0n) is 15.8. The highest BCUT2D eigenvalue weighted by Gasteiger charge is 2.29. The number of nitrogens with zero attached hydrogens (tertiary/aromatic N) is 2. The van der Waals surface area contributed by atoms with E-state index in [0.29, 0.717) is 32.7 Å². The molecule has 0 radical (unpaired) electrons. The maximum absolute atomic E-state index is 12.6. The van der Waals surface area contributed by atoms with Crippen LogP contribution in [-0.2, 0) is 19.6 Å². The average Bonchev–Trinajstić information content (AvgIpc) is 2.67. The van der Waals surface area contributed by atoms with Gasteiger partial charge in [0.2, 0.25) is 21.8 Å². The van der Waals surface area contributed by atoms with Gasteiger partial charge in [0.1, 0.15) is 6.04 Å². The third kappa shape index (κ3) is 6.02. The van der Waals surface area contributed by atoms with Gasteiger partial charge < -0.3 is 10.6 Å². The first-order valence-electron chi connectivity index (χ1n) is 9.19. The van der Waals surface area contributed by atoms with Gasteiger partial charge in [-0.3, -0.25) is 14.5 Å². The molecule has 0 spiro atoms. The maximum Gasteiger partial charge on any atom is 0.243 e. The molecule has 1 aromatic rings. The van der Waals surface area contributed by atoms with E-state index in [0.717, 1.165) is 6.42 Å². The number of hydrogen-bond acceptors (Lipinski definition) is 5. The molecule has 1 aromatic carbocycles. The number of benzene rings is 1. The molecule has 150 valence electrons. The van der Waals surface area contributed by atoms with Crippen LogP contribution in [0.1, 0.15) is 20.3 Å². The summed E-state index contributed by atoms with van der Waals surface area (Å²) in [5.41, 5.74) is 0. The van der Waals surface area contributed by atoms with Crippen molar-refractivity contribution >= 4 is 21.8 Å². The van der Waals surface area contributed by atoms with Gasteiger partial charge in [0.25, 0.3) is 0 Å². The van der Waals surface area contributed by atoms with E-state index >= 15 is 0 Å². The predicted octanol–water partition coefficient (Wildman–Crippen LogP) is 0.0238. The van der Waals surface area contributed by atoms with E-state index < -0.39 is 16.1 Å². The Hall–Kier alpha value is -1.97. The van der Waals surface area contributed by atoms with Crippen LogP contribution in [0.25, 0.3) is 0 Å². The predicted molar refractivity (Wildman–Crippen MR) is 103 cm³/mol. The van der Waals surface area contributed by atoms with E-state index in [9.17, 15) is 18.0 Å². The molecule has 0 unspecified atom stereocenters. The van der Waals surface area contributed by atoms with Gasteiger partial charge in [0.05, 0.1) is 11.4 Å². The number of hydrogen-bond donors (Lipinski definition) is 2. The number of piperazine rings is 1. The molecule has 0 aliphatic carbocycles. The van der Waals surface area contributed by atoms with Crippen LogP contribution in [0.4, 0.5) is 0 Å². The molecule has 8 nitrogen and oxygen atoms in total. The minimum absolute atomic E-state index is 0.143. The second-order valence-electron chi connectivity index (χ2n) is 6.57. The second-order valence-corrected chi connectivity index (χ2v) is 8.51. The van der Waals surface area contributed by atoms with Crippen LogP contribution in [0, 0.1) is 0 Å². The summed E-state index contributed by atoms with van der Waals surface area (Å²) in [4.78, 5) is 26.1. The van der Waals surface area contributed by atoms with Gasteiger partial charge >= 0.3 is 0 Å². The van der Waals surface area contributed by atoms with Crippen LogP contribution >= 0.6 is 0 Å². The Morgan fingerprint density at radius 1 is 1.11 bits per heavy atom. The third-order valence-electron chi connectivity index (χ3n) is 4.40. The van der Waals surface area contributed by atoms with E-state index in [1.165, 1.54) is 4.31 Å². The lowest BCUT2D eigenvalue weighted by Crippen LogP contribution is -2.53. The van der Waals surface area contributed by atoms with E-state index in [2.05, 4.69) is 10.6 Å². The highest BCUT2D eigenvalue weighted by Crippen LogP contribution is 2.16. The van der Waals surface area contributed by atoms with Crippen molar-refractivity contribution in [1.29, 1.82) is 0 Å². The van der Waals surface area contributed by atoms with Gasteiger partial charge in [-0.05, 0) is 25.5 Å². The number of nitrogens with one attached hydrogen (secondary N) is 2. The zero-order chi connectivity index (χ0) is 19.9. The highest BCUT2D eigenvalue weighted by atomic mass is 32.2. The van der Waals surface area contributed by atoms with Gasteiger partial charge in [0, 0.05) is 32.7 Å². The van der Waals surface area contributed by atoms with E-state index in [-0.39, 0.29) is 23.3 Å². The number of carbonyl (C=O) groups excluding carboxylic acids is 2. The Labute approximate surface area is 161 Å². The molecule has 1 aliphatic rings. The zero-order valence-corrected chi connectivity index (χ0v) is 16.7. The summed E-state index contributed by atoms with van der Waals surface area (Å²) >= 11 is 0. The maximum atomic E-state index is 12.6. The quantitative estimate of drug-likeness (QED) is 0.646. The Morgan fingerprint density at radius 3 is 2.33 bits per heavy atom. The Morgan fingerprint density at radius 2 is 1.74 bits per heavy atom. The van der Waals surface area contributed by atoms with Crippen molar-refractivity contribution in [1.82, 2.24) is 19.8 Å². The van der Waals surface area contributed by atoms with Crippen molar-refractivity contribution in [3.63, 3.8) is 0 Å². The lowest BCUT2D eigenvalue weighted by atomic mass is 10.3. The van der Waals surface area contributed by atoms with Crippen molar-refractivity contribution in [2.24, 2.45) is 0 Å². The average molecular weight is 397 g/mol. The van der Waals surface area contributed by atoms with Crippen molar-refractivity contribution in [2.75, 3.05) is 39.3 Å².